The number of imidazole rings is 1. The van der Waals surface area contributed by atoms with Gasteiger partial charge in [0.15, 0.2) is 0 Å². The second kappa shape index (κ2) is 5.48. The molecule has 22 heavy (non-hydrogen) atoms. The number of ether oxygens (including phenoxy) is 1. The van der Waals surface area contributed by atoms with Gasteiger partial charge in [-0.2, -0.15) is 0 Å². The predicted molar refractivity (Wildman–Crippen MR) is 84.1 cm³/mol. The van der Waals surface area contributed by atoms with Gasteiger partial charge >= 0.3 is 0 Å². The van der Waals surface area contributed by atoms with Crippen LogP contribution in [-0.2, 0) is 13.5 Å². The first-order chi connectivity index (χ1) is 10.6. The Balaban J connectivity index is 2.11. The van der Waals surface area contributed by atoms with Crippen molar-refractivity contribution in [1.82, 2.24) is 14.5 Å². The molecule has 2 aliphatic rings. The second-order valence-electron chi connectivity index (χ2n) is 5.05. The van der Waals surface area contributed by atoms with E-state index in [2.05, 4.69) is 9.97 Å². The number of anilines is 1. The maximum atomic E-state index is 12.5. The van der Waals surface area contributed by atoms with Gasteiger partial charge in [-0.05, 0) is 23.8 Å². The fourth-order valence-electron chi connectivity index (χ4n) is 2.38. The van der Waals surface area contributed by atoms with E-state index in [1.54, 1.807) is 26.4 Å². The molecule has 0 saturated carbocycles. The molecule has 6 heteroatoms. The van der Waals surface area contributed by atoms with E-state index < -0.39 is 0 Å². The molecule has 0 aliphatic carbocycles. The van der Waals surface area contributed by atoms with Crippen molar-refractivity contribution in [3.05, 3.63) is 58.0 Å². The zero-order valence-corrected chi connectivity index (χ0v) is 12.4. The summed E-state index contributed by atoms with van der Waals surface area (Å²) in [6, 6.07) is 9.33. The van der Waals surface area contributed by atoms with Crippen LogP contribution in [0.15, 0.2) is 41.3 Å². The molecular weight excluding hydrogens is 280 g/mol. The number of hydrogen-bond acceptors (Lipinski definition) is 5. The highest BCUT2D eigenvalue weighted by molar-refractivity contribution is 5.63. The Morgan fingerprint density at radius 2 is 1.91 bits per heavy atom. The molecule has 2 heterocycles. The van der Waals surface area contributed by atoms with Crippen molar-refractivity contribution in [2.75, 3.05) is 12.8 Å². The number of nitrogen functional groups attached to an aromatic ring is 1. The SMILES string of the molecule is COc1ccc(Cc2c3nc(N)nc-3ccn(C)c2=O)cc1. The van der Waals surface area contributed by atoms with Crippen LogP contribution in [0.1, 0.15) is 11.1 Å². The molecule has 0 spiro atoms. The standard InChI is InChI=1S/C16H16N4O2/c1-20-8-7-13-14(19-16(17)18-13)12(15(20)21)9-10-3-5-11(22-2)6-4-10/h3-8H,9H2,1-2H3,(H2,17,19). The fourth-order valence-corrected chi connectivity index (χ4v) is 2.38. The molecule has 112 valence electrons. The van der Waals surface area contributed by atoms with Crippen LogP contribution in [0.5, 0.6) is 5.75 Å². The summed E-state index contributed by atoms with van der Waals surface area (Å²) in [7, 11) is 3.33. The quantitative estimate of drug-likeness (QED) is 0.791. The van der Waals surface area contributed by atoms with Crippen molar-refractivity contribution in [3.63, 3.8) is 0 Å². The van der Waals surface area contributed by atoms with E-state index in [1.165, 1.54) is 4.57 Å². The first-order valence-electron chi connectivity index (χ1n) is 6.83. The maximum Gasteiger partial charge on any atom is 0.256 e. The van der Waals surface area contributed by atoms with E-state index in [9.17, 15) is 4.79 Å². The van der Waals surface area contributed by atoms with Crippen LogP contribution in [0.3, 0.4) is 0 Å². The van der Waals surface area contributed by atoms with Gasteiger partial charge in [0.1, 0.15) is 11.4 Å². The Bertz CT molecular complexity index is 840. The van der Waals surface area contributed by atoms with Gasteiger partial charge in [0.25, 0.3) is 5.56 Å². The molecule has 2 N–H and O–H groups in total. The normalized spacial score (nSPS) is 10.8. The Hall–Kier alpha value is -2.89. The lowest BCUT2D eigenvalue weighted by atomic mass is 10.0. The molecule has 3 rings (SSSR count). The molecule has 0 saturated heterocycles. The monoisotopic (exact) mass is 296 g/mol. The van der Waals surface area contributed by atoms with Gasteiger partial charge < -0.3 is 15.0 Å². The van der Waals surface area contributed by atoms with Crippen molar-refractivity contribution in [2.45, 2.75) is 6.42 Å². The van der Waals surface area contributed by atoms with E-state index in [1.807, 2.05) is 24.3 Å². The van der Waals surface area contributed by atoms with E-state index in [4.69, 9.17) is 10.5 Å². The van der Waals surface area contributed by atoms with Crippen LogP contribution in [0.4, 0.5) is 5.95 Å². The zero-order valence-electron chi connectivity index (χ0n) is 12.4. The lowest BCUT2D eigenvalue weighted by molar-refractivity contribution is 0.414. The Morgan fingerprint density at radius 1 is 1.18 bits per heavy atom. The molecule has 6 nitrogen and oxygen atoms in total. The molecule has 0 bridgehead atoms. The van der Waals surface area contributed by atoms with E-state index in [0.29, 0.717) is 23.4 Å². The first-order valence-corrected chi connectivity index (χ1v) is 6.83. The largest absolute Gasteiger partial charge is 0.497 e. The third-order valence-corrected chi connectivity index (χ3v) is 3.56. The number of nitrogens with two attached hydrogens (primary N) is 1. The van der Waals surface area contributed by atoms with Crippen molar-refractivity contribution >= 4 is 5.95 Å². The molecule has 0 aromatic heterocycles. The first kappa shape index (κ1) is 14.1. The average Bonchev–Trinajstić information content (AvgIpc) is 2.86. The van der Waals surface area contributed by atoms with E-state index in [0.717, 1.165) is 11.3 Å². The van der Waals surface area contributed by atoms with Crippen LogP contribution >= 0.6 is 0 Å². The zero-order chi connectivity index (χ0) is 15.7. The van der Waals surface area contributed by atoms with Crippen LogP contribution in [-0.4, -0.2) is 21.6 Å². The highest BCUT2D eigenvalue weighted by Crippen LogP contribution is 2.23. The maximum absolute atomic E-state index is 12.5. The highest BCUT2D eigenvalue weighted by atomic mass is 16.5. The number of aromatic nitrogens is 3. The minimum absolute atomic E-state index is 0.106. The van der Waals surface area contributed by atoms with Gasteiger partial charge in [0, 0.05) is 25.2 Å². The number of methoxy groups -OCH3 is 1. The van der Waals surface area contributed by atoms with E-state index >= 15 is 0 Å². The number of rotatable bonds is 3. The lowest BCUT2D eigenvalue weighted by Crippen LogP contribution is -2.18. The van der Waals surface area contributed by atoms with Crippen LogP contribution in [0.2, 0.25) is 0 Å². The number of nitrogens with zero attached hydrogens (tertiary/aromatic N) is 3. The predicted octanol–water partition coefficient (Wildman–Crippen LogP) is 1.46. The molecule has 1 aromatic carbocycles. The number of hydrogen-bond donors (Lipinski definition) is 1. The van der Waals surface area contributed by atoms with Crippen molar-refractivity contribution < 1.29 is 4.74 Å². The van der Waals surface area contributed by atoms with Crippen molar-refractivity contribution in [2.24, 2.45) is 7.05 Å². The van der Waals surface area contributed by atoms with Crippen molar-refractivity contribution in [1.29, 1.82) is 0 Å². The number of fused-ring (bicyclic) bond motifs is 1. The Morgan fingerprint density at radius 3 is 2.59 bits per heavy atom. The van der Waals surface area contributed by atoms with Gasteiger partial charge in [-0.15, -0.1) is 0 Å². The molecule has 0 radical (unpaired) electrons. The smallest absolute Gasteiger partial charge is 0.256 e. The topological polar surface area (TPSA) is 83.0 Å². The number of benzene rings is 1. The van der Waals surface area contributed by atoms with Crippen molar-refractivity contribution in [3.8, 4) is 17.1 Å². The summed E-state index contributed by atoms with van der Waals surface area (Å²) in [5.74, 6) is 0.956. The van der Waals surface area contributed by atoms with Crippen LogP contribution < -0.4 is 16.0 Å². The Labute approximate surface area is 127 Å². The lowest BCUT2D eigenvalue weighted by Gasteiger charge is -2.04. The summed E-state index contributed by atoms with van der Waals surface area (Å²) in [6.45, 7) is 0. The van der Waals surface area contributed by atoms with Gasteiger partial charge in [-0.25, -0.2) is 9.97 Å². The van der Waals surface area contributed by atoms with Gasteiger partial charge in [-0.3, -0.25) is 4.79 Å². The third kappa shape index (κ3) is 2.50. The molecule has 0 unspecified atom stereocenters. The van der Waals surface area contributed by atoms with Gasteiger partial charge in [0.05, 0.1) is 12.8 Å². The van der Waals surface area contributed by atoms with Crippen LogP contribution in [0.25, 0.3) is 11.4 Å². The summed E-state index contributed by atoms with van der Waals surface area (Å²) in [5.41, 5.74) is 8.32. The summed E-state index contributed by atoms with van der Waals surface area (Å²) in [6.07, 6.45) is 2.14. The highest BCUT2D eigenvalue weighted by Gasteiger charge is 2.17. The second-order valence-corrected chi connectivity index (χ2v) is 5.05. The minimum atomic E-state index is -0.106. The summed E-state index contributed by atoms with van der Waals surface area (Å²) < 4.78 is 6.67. The molecule has 0 fully saturated rings. The molecule has 0 atom stereocenters. The van der Waals surface area contributed by atoms with E-state index in [-0.39, 0.29) is 11.5 Å². The number of aryl methyl sites for hydroxylation is 1. The molecule has 0 amide bonds. The van der Waals surface area contributed by atoms with Crippen LogP contribution in [0, 0.1) is 0 Å². The summed E-state index contributed by atoms with van der Waals surface area (Å²) >= 11 is 0. The summed E-state index contributed by atoms with van der Waals surface area (Å²) in [4.78, 5) is 20.9. The van der Waals surface area contributed by atoms with Gasteiger partial charge in [0.2, 0.25) is 5.95 Å². The third-order valence-electron chi connectivity index (χ3n) is 3.56. The fraction of sp³-hybridized carbons (Fsp3) is 0.188. The van der Waals surface area contributed by atoms with Gasteiger partial charge in [-0.1, -0.05) is 12.1 Å². The minimum Gasteiger partial charge on any atom is -0.497 e. The average molecular weight is 296 g/mol. The molecular formula is C16H16N4O2. The molecule has 1 aromatic rings. The Kier molecular flexibility index (Phi) is 3.50. The molecule has 2 aliphatic heterocycles. The summed E-state index contributed by atoms with van der Waals surface area (Å²) in [5, 5.41) is 0.